The zero-order chi connectivity index (χ0) is 17.4. The van der Waals surface area contributed by atoms with Gasteiger partial charge in [0.15, 0.2) is 5.78 Å². The highest BCUT2D eigenvalue weighted by Gasteiger charge is 2.41. The molecule has 1 unspecified atom stereocenters. The van der Waals surface area contributed by atoms with Crippen LogP contribution in [0.2, 0.25) is 0 Å². The van der Waals surface area contributed by atoms with Crippen LogP contribution >= 0.6 is 0 Å². The first-order valence-corrected chi connectivity index (χ1v) is 8.87. The third-order valence-corrected chi connectivity index (χ3v) is 5.59. The third kappa shape index (κ3) is 2.51. The molecule has 2 heterocycles. The second-order valence-electron chi connectivity index (χ2n) is 6.92. The topological polar surface area (TPSA) is 39.1 Å². The normalized spacial score (nSPS) is 19.8. The predicted molar refractivity (Wildman–Crippen MR) is 99.2 cm³/mol. The Morgan fingerprint density at radius 3 is 2.56 bits per heavy atom. The number of aromatic nitrogens is 1. The van der Waals surface area contributed by atoms with Crippen molar-refractivity contribution < 1.29 is 9.59 Å². The predicted octanol–water partition coefficient (Wildman–Crippen LogP) is 5.00. The maximum Gasteiger partial charge on any atom is 0.231 e. The van der Waals surface area contributed by atoms with Gasteiger partial charge in [-0.3, -0.25) is 14.2 Å². The maximum absolute atomic E-state index is 12.9. The number of nitrogens with zero attached hydrogens (tertiary/aromatic N) is 1. The minimum absolute atomic E-state index is 0.132. The molecule has 0 amide bonds. The van der Waals surface area contributed by atoms with Crippen LogP contribution in [0.1, 0.15) is 53.5 Å². The number of para-hydroxylation sites is 1. The summed E-state index contributed by atoms with van der Waals surface area (Å²) < 4.78 is 1.85. The lowest BCUT2D eigenvalue weighted by Gasteiger charge is -2.37. The Bertz CT molecular complexity index is 955. The third-order valence-electron chi connectivity index (χ3n) is 5.59. The van der Waals surface area contributed by atoms with Crippen molar-refractivity contribution in [3.8, 4) is 0 Å². The van der Waals surface area contributed by atoms with E-state index in [-0.39, 0.29) is 17.1 Å². The largest absolute Gasteiger partial charge is 0.294 e. The SMILES string of the molecule is CCC1(CC(=O)c2ccccc2)CCC(=O)n2c1cc1ccccc12. The number of hydrogen-bond acceptors (Lipinski definition) is 2. The molecule has 25 heavy (non-hydrogen) atoms. The number of Topliss-reactive ketones (excluding diaryl/α,β-unsaturated/α-hetero) is 1. The van der Waals surface area contributed by atoms with Crippen molar-refractivity contribution in [2.24, 2.45) is 0 Å². The Kier molecular flexibility index (Phi) is 3.79. The molecule has 1 aliphatic rings. The Hall–Kier alpha value is -2.68. The van der Waals surface area contributed by atoms with Crippen LogP contribution in [-0.4, -0.2) is 16.3 Å². The Labute approximate surface area is 147 Å². The quantitative estimate of drug-likeness (QED) is 0.631. The highest BCUT2D eigenvalue weighted by atomic mass is 16.2. The molecule has 3 heteroatoms. The van der Waals surface area contributed by atoms with Crippen LogP contribution in [-0.2, 0) is 5.41 Å². The Balaban J connectivity index is 1.82. The van der Waals surface area contributed by atoms with Crippen molar-refractivity contribution >= 4 is 22.6 Å². The number of ketones is 1. The van der Waals surface area contributed by atoms with Crippen LogP contribution < -0.4 is 0 Å². The number of benzene rings is 2. The van der Waals surface area contributed by atoms with Gasteiger partial charge in [-0.25, -0.2) is 0 Å². The summed E-state index contributed by atoms with van der Waals surface area (Å²) in [6.07, 6.45) is 2.51. The molecule has 0 radical (unpaired) electrons. The van der Waals surface area contributed by atoms with Crippen molar-refractivity contribution in [2.45, 2.75) is 38.0 Å². The minimum Gasteiger partial charge on any atom is -0.294 e. The van der Waals surface area contributed by atoms with Gasteiger partial charge in [-0.2, -0.15) is 0 Å². The molecule has 0 aliphatic carbocycles. The molecule has 3 aromatic rings. The molecule has 0 saturated heterocycles. The maximum atomic E-state index is 12.9. The van der Waals surface area contributed by atoms with E-state index in [4.69, 9.17) is 0 Å². The smallest absolute Gasteiger partial charge is 0.231 e. The minimum atomic E-state index is -0.278. The van der Waals surface area contributed by atoms with E-state index in [0.717, 1.165) is 35.0 Å². The molecule has 4 rings (SSSR count). The highest BCUT2D eigenvalue weighted by Crippen LogP contribution is 2.43. The number of carbonyl (C=O) groups excluding carboxylic acids is 2. The van der Waals surface area contributed by atoms with E-state index >= 15 is 0 Å². The molecule has 1 aliphatic heterocycles. The fourth-order valence-electron chi connectivity index (χ4n) is 4.10. The van der Waals surface area contributed by atoms with Crippen LogP contribution in [0.5, 0.6) is 0 Å². The molecule has 1 aromatic heterocycles. The molecule has 126 valence electrons. The first kappa shape index (κ1) is 15.8. The van der Waals surface area contributed by atoms with Crippen LogP contribution in [0.4, 0.5) is 0 Å². The first-order chi connectivity index (χ1) is 12.1. The lowest BCUT2D eigenvalue weighted by atomic mass is 9.71. The zero-order valence-corrected chi connectivity index (χ0v) is 14.4. The summed E-state index contributed by atoms with van der Waals surface area (Å²) in [5, 5.41) is 1.07. The Morgan fingerprint density at radius 1 is 1.08 bits per heavy atom. The summed E-state index contributed by atoms with van der Waals surface area (Å²) in [7, 11) is 0. The van der Waals surface area contributed by atoms with E-state index in [1.807, 2.05) is 59.2 Å². The second-order valence-corrected chi connectivity index (χ2v) is 6.92. The van der Waals surface area contributed by atoms with Crippen molar-refractivity contribution in [1.29, 1.82) is 0 Å². The van der Waals surface area contributed by atoms with E-state index in [2.05, 4.69) is 13.0 Å². The molecule has 0 bridgehead atoms. The monoisotopic (exact) mass is 331 g/mol. The number of fused-ring (bicyclic) bond motifs is 3. The van der Waals surface area contributed by atoms with E-state index < -0.39 is 0 Å². The molecule has 0 spiro atoms. The molecule has 0 saturated carbocycles. The summed E-state index contributed by atoms with van der Waals surface area (Å²) >= 11 is 0. The fourth-order valence-corrected chi connectivity index (χ4v) is 4.10. The van der Waals surface area contributed by atoms with Crippen LogP contribution in [0.3, 0.4) is 0 Å². The van der Waals surface area contributed by atoms with Gasteiger partial charge < -0.3 is 0 Å². The second kappa shape index (κ2) is 5.99. The van der Waals surface area contributed by atoms with Gasteiger partial charge >= 0.3 is 0 Å². The summed E-state index contributed by atoms with van der Waals surface area (Å²) in [6, 6.07) is 19.5. The highest BCUT2D eigenvalue weighted by molar-refractivity contribution is 5.99. The number of rotatable bonds is 4. The summed E-state index contributed by atoms with van der Waals surface area (Å²) in [4.78, 5) is 25.5. The van der Waals surface area contributed by atoms with E-state index in [0.29, 0.717) is 12.8 Å². The summed E-state index contributed by atoms with van der Waals surface area (Å²) in [5.41, 5.74) is 2.42. The van der Waals surface area contributed by atoms with E-state index in [1.165, 1.54) is 0 Å². The van der Waals surface area contributed by atoms with Crippen molar-refractivity contribution in [3.05, 3.63) is 71.9 Å². The summed E-state index contributed by atoms with van der Waals surface area (Å²) in [5.74, 6) is 0.279. The van der Waals surface area contributed by atoms with Gasteiger partial charge in [0.1, 0.15) is 0 Å². The summed E-state index contributed by atoms with van der Waals surface area (Å²) in [6.45, 7) is 2.12. The number of hydrogen-bond donors (Lipinski definition) is 0. The Morgan fingerprint density at radius 2 is 1.80 bits per heavy atom. The molecule has 1 atom stereocenters. The molecule has 0 N–H and O–H groups in total. The van der Waals surface area contributed by atoms with Gasteiger partial charge in [-0.05, 0) is 25.0 Å². The van der Waals surface area contributed by atoms with Crippen molar-refractivity contribution in [2.75, 3.05) is 0 Å². The van der Waals surface area contributed by atoms with Gasteiger partial charge in [0.2, 0.25) is 5.91 Å². The number of carbonyl (C=O) groups is 2. The standard InChI is InChI=1S/C22H21NO2/c1-2-22(15-19(24)16-8-4-3-5-9-16)13-12-21(25)23-18-11-7-6-10-17(18)14-20(22)23/h3-11,14H,2,12-13,15H2,1H3. The van der Waals surface area contributed by atoms with Gasteiger partial charge in [-0.15, -0.1) is 0 Å². The fraction of sp³-hybridized carbons (Fsp3) is 0.273. The lowest BCUT2D eigenvalue weighted by Crippen LogP contribution is -2.38. The molecule has 3 nitrogen and oxygen atoms in total. The molecular weight excluding hydrogens is 310 g/mol. The van der Waals surface area contributed by atoms with Crippen LogP contribution in [0, 0.1) is 0 Å². The average Bonchev–Trinajstić information content (AvgIpc) is 3.06. The zero-order valence-electron chi connectivity index (χ0n) is 14.4. The average molecular weight is 331 g/mol. The van der Waals surface area contributed by atoms with Gasteiger partial charge in [-0.1, -0.05) is 55.5 Å². The molecular formula is C22H21NO2. The lowest BCUT2D eigenvalue weighted by molar-refractivity contribution is 0.0816. The van der Waals surface area contributed by atoms with Crippen LogP contribution in [0.25, 0.3) is 10.9 Å². The van der Waals surface area contributed by atoms with Crippen molar-refractivity contribution in [1.82, 2.24) is 4.57 Å². The molecule has 0 fully saturated rings. The van der Waals surface area contributed by atoms with Crippen molar-refractivity contribution in [3.63, 3.8) is 0 Å². The van der Waals surface area contributed by atoms with E-state index in [1.54, 1.807) is 0 Å². The van der Waals surface area contributed by atoms with Gasteiger partial charge in [0.25, 0.3) is 0 Å². The van der Waals surface area contributed by atoms with Gasteiger partial charge in [0, 0.05) is 34.9 Å². The first-order valence-electron chi connectivity index (χ1n) is 8.87. The molecule has 2 aromatic carbocycles. The van der Waals surface area contributed by atoms with Gasteiger partial charge in [0.05, 0.1) is 5.52 Å². The van der Waals surface area contributed by atoms with Crippen LogP contribution in [0.15, 0.2) is 60.7 Å². The van der Waals surface area contributed by atoms with E-state index in [9.17, 15) is 9.59 Å².